The number of nitrogens with two attached hydrogens (primary N) is 1. The maximum absolute atomic E-state index is 10.9. The summed E-state index contributed by atoms with van der Waals surface area (Å²) in [5.41, 5.74) is 5.64. The first-order chi connectivity index (χ1) is 5.05. The van der Waals surface area contributed by atoms with Crippen LogP contribution < -0.4 is 5.73 Å². The van der Waals surface area contributed by atoms with Crippen LogP contribution in [0.3, 0.4) is 0 Å². The molecular formula is C5H8N2O3S. The average Bonchev–Trinajstić information content (AvgIpc) is 2.31. The van der Waals surface area contributed by atoms with Crippen molar-refractivity contribution in [1.29, 1.82) is 0 Å². The van der Waals surface area contributed by atoms with E-state index in [1.807, 2.05) is 0 Å². The minimum atomic E-state index is -3.31. The summed E-state index contributed by atoms with van der Waals surface area (Å²) in [6.07, 6.45) is 2.35. The van der Waals surface area contributed by atoms with Crippen molar-refractivity contribution in [3.8, 4) is 0 Å². The molecule has 0 atom stereocenters. The van der Waals surface area contributed by atoms with Gasteiger partial charge in [-0.25, -0.2) is 8.42 Å². The van der Waals surface area contributed by atoms with Crippen molar-refractivity contribution in [3.63, 3.8) is 0 Å². The van der Waals surface area contributed by atoms with Crippen molar-refractivity contribution in [2.75, 3.05) is 6.26 Å². The van der Waals surface area contributed by atoms with Crippen molar-refractivity contribution in [3.05, 3.63) is 11.8 Å². The maximum atomic E-state index is 10.9. The second-order valence-electron chi connectivity index (χ2n) is 2.11. The third-order valence-electron chi connectivity index (χ3n) is 1.16. The minimum absolute atomic E-state index is 0.117. The Morgan fingerprint density at radius 1 is 1.73 bits per heavy atom. The Balaban J connectivity index is 3.24. The molecule has 11 heavy (non-hydrogen) atoms. The van der Waals surface area contributed by atoms with Gasteiger partial charge in [0.2, 0.25) is 9.84 Å². The number of nitrogens with zero attached hydrogens (tertiary/aromatic N) is 1. The molecule has 2 N–H and O–H groups in total. The Hall–Kier alpha value is -0.880. The van der Waals surface area contributed by atoms with Crippen LogP contribution in [0.2, 0.25) is 0 Å². The zero-order valence-electron chi connectivity index (χ0n) is 5.94. The monoisotopic (exact) mass is 176 g/mol. The minimum Gasteiger partial charge on any atom is -0.344 e. The van der Waals surface area contributed by atoms with Crippen LogP contribution in [-0.2, 0) is 16.4 Å². The molecule has 0 amide bonds. The Morgan fingerprint density at radius 3 is 2.73 bits per heavy atom. The zero-order valence-corrected chi connectivity index (χ0v) is 6.76. The Kier molecular flexibility index (Phi) is 1.97. The summed E-state index contributed by atoms with van der Waals surface area (Å²) in [7, 11) is -3.31. The molecule has 1 rings (SSSR count). The van der Waals surface area contributed by atoms with E-state index < -0.39 is 9.84 Å². The second-order valence-corrected chi connectivity index (χ2v) is 4.03. The highest BCUT2D eigenvalue weighted by Gasteiger charge is 2.17. The van der Waals surface area contributed by atoms with Gasteiger partial charge >= 0.3 is 0 Å². The third kappa shape index (κ3) is 1.58. The van der Waals surface area contributed by atoms with Crippen LogP contribution in [-0.4, -0.2) is 19.8 Å². The molecule has 0 saturated heterocycles. The largest absolute Gasteiger partial charge is 0.344 e. The Labute approximate surface area is 64.1 Å². The molecule has 0 unspecified atom stereocenters. The van der Waals surface area contributed by atoms with E-state index in [0.717, 1.165) is 6.26 Å². The van der Waals surface area contributed by atoms with Gasteiger partial charge in [0.15, 0.2) is 0 Å². The SMILES string of the molecule is CS(=O)(=O)c1oncc1CN. The molecule has 1 aromatic rings. The molecular weight excluding hydrogens is 168 g/mol. The number of rotatable bonds is 2. The van der Waals surface area contributed by atoms with Gasteiger partial charge in [0.25, 0.3) is 5.09 Å². The van der Waals surface area contributed by atoms with Gasteiger partial charge in [-0.1, -0.05) is 5.16 Å². The Bertz CT molecular complexity index is 340. The standard InChI is InChI=1S/C5H8N2O3S/c1-11(8,9)5-4(2-6)3-7-10-5/h3H,2,6H2,1H3. The van der Waals surface area contributed by atoms with Crippen LogP contribution in [0.5, 0.6) is 0 Å². The lowest BCUT2D eigenvalue weighted by Gasteiger charge is -1.92. The van der Waals surface area contributed by atoms with Gasteiger partial charge in [-0.2, -0.15) is 0 Å². The maximum Gasteiger partial charge on any atom is 0.254 e. The molecule has 0 saturated carbocycles. The van der Waals surface area contributed by atoms with Crippen LogP contribution >= 0.6 is 0 Å². The molecule has 0 aliphatic heterocycles. The number of aromatic nitrogens is 1. The van der Waals surface area contributed by atoms with Crippen molar-refractivity contribution in [2.45, 2.75) is 11.6 Å². The van der Waals surface area contributed by atoms with Crippen molar-refractivity contribution in [1.82, 2.24) is 5.16 Å². The molecule has 0 aliphatic carbocycles. The lowest BCUT2D eigenvalue weighted by molar-refractivity contribution is 0.337. The fraction of sp³-hybridized carbons (Fsp3) is 0.400. The van der Waals surface area contributed by atoms with Crippen LogP contribution in [0.4, 0.5) is 0 Å². The highest BCUT2D eigenvalue weighted by Crippen LogP contribution is 2.13. The summed E-state index contributed by atoms with van der Waals surface area (Å²) in [6.45, 7) is 0.117. The van der Waals surface area contributed by atoms with E-state index in [-0.39, 0.29) is 11.6 Å². The summed E-state index contributed by atoms with van der Waals surface area (Å²) < 4.78 is 26.3. The van der Waals surface area contributed by atoms with E-state index in [0.29, 0.717) is 5.56 Å². The summed E-state index contributed by atoms with van der Waals surface area (Å²) >= 11 is 0. The van der Waals surface area contributed by atoms with E-state index in [2.05, 4.69) is 9.68 Å². The first-order valence-corrected chi connectivity index (χ1v) is 4.78. The fourth-order valence-corrected chi connectivity index (χ4v) is 1.48. The molecule has 1 heterocycles. The van der Waals surface area contributed by atoms with Gasteiger partial charge in [0, 0.05) is 18.4 Å². The number of hydrogen-bond donors (Lipinski definition) is 1. The molecule has 62 valence electrons. The van der Waals surface area contributed by atoms with Gasteiger partial charge in [-0.15, -0.1) is 0 Å². The molecule has 1 aromatic heterocycles. The molecule has 0 fully saturated rings. The highest BCUT2D eigenvalue weighted by molar-refractivity contribution is 7.90. The van der Waals surface area contributed by atoms with Crippen molar-refractivity contribution >= 4 is 9.84 Å². The van der Waals surface area contributed by atoms with E-state index >= 15 is 0 Å². The molecule has 0 bridgehead atoms. The zero-order chi connectivity index (χ0) is 8.48. The summed E-state index contributed by atoms with van der Waals surface area (Å²) in [6, 6.07) is 0. The average molecular weight is 176 g/mol. The normalized spacial score (nSPS) is 11.8. The summed E-state index contributed by atoms with van der Waals surface area (Å²) in [4.78, 5) is 0. The van der Waals surface area contributed by atoms with Gasteiger partial charge < -0.3 is 10.3 Å². The van der Waals surface area contributed by atoms with Crippen LogP contribution in [0, 0.1) is 0 Å². The predicted molar refractivity (Wildman–Crippen MR) is 37.5 cm³/mol. The quantitative estimate of drug-likeness (QED) is 0.658. The topological polar surface area (TPSA) is 86.2 Å². The summed E-state index contributed by atoms with van der Waals surface area (Å²) in [5, 5.41) is 3.19. The van der Waals surface area contributed by atoms with E-state index in [9.17, 15) is 8.42 Å². The molecule has 0 spiro atoms. The first kappa shape index (κ1) is 8.22. The Morgan fingerprint density at radius 2 is 2.36 bits per heavy atom. The molecule has 0 aromatic carbocycles. The third-order valence-corrected chi connectivity index (χ3v) is 2.17. The van der Waals surface area contributed by atoms with Crippen molar-refractivity contribution < 1.29 is 12.9 Å². The van der Waals surface area contributed by atoms with Crippen molar-refractivity contribution in [2.24, 2.45) is 5.73 Å². The van der Waals surface area contributed by atoms with Gasteiger partial charge in [0.05, 0.1) is 6.20 Å². The van der Waals surface area contributed by atoms with E-state index in [1.165, 1.54) is 6.20 Å². The molecule has 5 nitrogen and oxygen atoms in total. The molecule has 6 heteroatoms. The highest BCUT2D eigenvalue weighted by atomic mass is 32.2. The van der Waals surface area contributed by atoms with E-state index in [1.54, 1.807) is 0 Å². The smallest absolute Gasteiger partial charge is 0.254 e. The first-order valence-electron chi connectivity index (χ1n) is 2.89. The van der Waals surface area contributed by atoms with Gasteiger partial charge in [-0.05, 0) is 0 Å². The number of hydrogen-bond acceptors (Lipinski definition) is 5. The van der Waals surface area contributed by atoms with Crippen LogP contribution in [0.15, 0.2) is 15.8 Å². The summed E-state index contributed by atoms with van der Waals surface area (Å²) in [5.74, 6) is 0. The fourth-order valence-electron chi connectivity index (χ4n) is 0.691. The lowest BCUT2D eigenvalue weighted by Crippen LogP contribution is -2.03. The van der Waals surface area contributed by atoms with Crippen LogP contribution in [0.1, 0.15) is 5.56 Å². The van der Waals surface area contributed by atoms with Crippen LogP contribution in [0.25, 0.3) is 0 Å². The lowest BCUT2D eigenvalue weighted by atomic mass is 10.4. The molecule has 0 radical (unpaired) electrons. The number of sulfone groups is 1. The van der Waals surface area contributed by atoms with Gasteiger partial charge in [0.1, 0.15) is 0 Å². The predicted octanol–water partition coefficient (Wildman–Crippen LogP) is -0.463. The molecule has 0 aliphatic rings. The second kappa shape index (κ2) is 2.63. The van der Waals surface area contributed by atoms with E-state index in [4.69, 9.17) is 5.73 Å². The van der Waals surface area contributed by atoms with Gasteiger partial charge in [-0.3, -0.25) is 0 Å².